The van der Waals surface area contributed by atoms with Crippen molar-refractivity contribution < 1.29 is 13.9 Å². The van der Waals surface area contributed by atoms with E-state index in [2.05, 4.69) is 9.88 Å². The van der Waals surface area contributed by atoms with Crippen LogP contribution in [0.4, 0.5) is 20.2 Å². The Hall–Kier alpha value is -2.36. The summed E-state index contributed by atoms with van der Waals surface area (Å²) in [6.07, 6.45) is 6.34. The van der Waals surface area contributed by atoms with Gasteiger partial charge in [0.2, 0.25) is 0 Å². The van der Waals surface area contributed by atoms with Gasteiger partial charge >= 0.3 is 0 Å². The maximum atomic E-state index is 14.7. The number of aromatic nitrogens is 1. The molecule has 5 rings (SSSR count). The molecule has 1 unspecified atom stereocenters. The number of aliphatic hydroxyl groups excluding tert-OH is 1. The smallest absolute Gasteiger partial charge is 0.132 e. The summed E-state index contributed by atoms with van der Waals surface area (Å²) >= 11 is 1.21. The van der Waals surface area contributed by atoms with Crippen LogP contribution in [0.15, 0.2) is 35.6 Å². The van der Waals surface area contributed by atoms with E-state index in [4.69, 9.17) is 11.5 Å². The predicted octanol–water partition coefficient (Wildman–Crippen LogP) is 2.76. The molecule has 1 aromatic heterocycles. The van der Waals surface area contributed by atoms with Crippen LogP contribution >= 0.6 is 11.8 Å². The standard InChI is InChI=1S/C22H25F2N5OS/c23-13-4-2-5-14(24)20(13)22-29(11-19(26)31-22)17-9-27-16-6-1-3-12(16)21(17)28-8-7-18(30)15(25)10-28/h2,4-5,9,11,15,18,22,30H,1,3,6-8,10,25-26H2/t15-,18-,22?/m0/s1. The molecule has 2 aromatic rings. The van der Waals surface area contributed by atoms with Crippen molar-refractivity contribution in [1.82, 2.24) is 4.98 Å². The molecular weight excluding hydrogens is 420 g/mol. The number of hydrogen-bond donors (Lipinski definition) is 3. The molecule has 0 amide bonds. The van der Waals surface area contributed by atoms with Crippen LogP contribution in [0, 0.1) is 11.6 Å². The van der Waals surface area contributed by atoms with E-state index in [1.807, 2.05) is 4.90 Å². The number of benzene rings is 1. The van der Waals surface area contributed by atoms with Crippen LogP contribution in [0.25, 0.3) is 0 Å². The van der Waals surface area contributed by atoms with Crippen LogP contribution in [0.1, 0.15) is 35.0 Å². The van der Waals surface area contributed by atoms with Crippen molar-refractivity contribution in [3.8, 4) is 0 Å². The molecule has 164 valence electrons. The van der Waals surface area contributed by atoms with E-state index < -0.39 is 23.1 Å². The normalized spacial score (nSPS) is 25.7. The van der Waals surface area contributed by atoms with Crippen molar-refractivity contribution >= 4 is 23.1 Å². The highest BCUT2D eigenvalue weighted by Crippen LogP contribution is 2.50. The number of anilines is 2. The monoisotopic (exact) mass is 445 g/mol. The average molecular weight is 446 g/mol. The first-order valence-electron chi connectivity index (χ1n) is 10.5. The van der Waals surface area contributed by atoms with Crippen molar-refractivity contribution in [3.05, 3.63) is 64.1 Å². The highest BCUT2D eigenvalue weighted by molar-refractivity contribution is 8.03. The largest absolute Gasteiger partial charge is 0.392 e. The molecule has 0 radical (unpaired) electrons. The number of nitrogens with two attached hydrogens (primary N) is 2. The van der Waals surface area contributed by atoms with Gasteiger partial charge in [0.15, 0.2) is 0 Å². The quantitative estimate of drug-likeness (QED) is 0.669. The molecule has 3 aliphatic rings. The average Bonchev–Trinajstić information content (AvgIpc) is 3.36. The zero-order valence-electron chi connectivity index (χ0n) is 17.0. The summed E-state index contributed by atoms with van der Waals surface area (Å²) in [6, 6.07) is 3.52. The minimum Gasteiger partial charge on any atom is -0.392 e. The molecular formula is C22H25F2N5OS. The Balaban J connectivity index is 1.62. The third kappa shape index (κ3) is 3.54. The molecule has 0 saturated carbocycles. The number of hydrogen-bond acceptors (Lipinski definition) is 7. The summed E-state index contributed by atoms with van der Waals surface area (Å²) in [6.45, 7) is 1.15. The molecule has 31 heavy (non-hydrogen) atoms. The number of pyridine rings is 1. The fraction of sp³-hybridized carbons (Fsp3) is 0.409. The maximum Gasteiger partial charge on any atom is 0.132 e. The molecule has 1 aliphatic carbocycles. The molecule has 6 nitrogen and oxygen atoms in total. The van der Waals surface area contributed by atoms with E-state index in [1.165, 1.54) is 30.0 Å². The summed E-state index contributed by atoms with van der Waals surface area (Å²) in [4.78, 5) is 8.67. The Morgan fingerprint density at radius 1 is 1.19 bits per heavy atom. The number of aryl methyl sites for hydroxylation is 1. The molecule has 0 bridgehead atoms. The molecule has 0 spiro atoms. The minimum absolute atomic E-state index is 0.0265. The van der Waals surface area contributed by atoms with Gasteiger partial charge in [-0.3, -0.25) is 4.98 Å². The number of piperidine rings is 1. The van der Waals surface area contributed by atoms with E-state index in [0.717, 1.165) is 41.9 Å². The van der Waals surface area contributed by atoms with Crippen molar-refractivity contribution in [2.45, 2.75) is 43.2 Å². The summed E-state index contributed by atoms with van der Waals surface area (Å²) in [7, 11) is 0. The van der Waals surface area contributed by atoms with Gasteiger partial charge in [0.05, 0.1) is 34.3 Å². The van der Waals surface area contributed by atoms with Crippen LogP contribution in [-0.4, -0.2) is 35.3 Å². The third-order valence-corrected chi connectivity index (χ3v) is 7.35. The lowest BCUT2D eigenvalue weighted by atomic mass is 10.0. The van der Waals surface area contributed by atoms with Crippen LogP contribution in [0.3, 0.4) is 0 Å². The SMILES string of the molecule is NC1=CN(c2cnc3c(c2N2CC[C@H](O)[C@@H](N)C2)CCC3)C(c2c(F)cccc2F)S1. The number of fused-ring (bicyclic) bond motifs is 1. The first kappa shape index (κ1) is 20.5. The zero-order chi connectivity index (χ0) is 21.7. The Kier molecular flexibility index (Phi) is 5.27. The van der Waals surface area contributed by atoms with E-state index in [-0.39, 0.29) is 11.6 Å². The number of rotatable bonds is 3. The third-order valence-electron chi connectivity index (χ3n) is 6.29. The van der Waals surface area contributed by atoms with Crippen molar-refractivity contribution in [3.63, 3.8) is 0 Å². The van der Waals surface area contributed by atoms with Crippen LogP contribution in [0.5, 0.6) is 0 Å². The Morgan fingerprint density at radius 2 is 1.97 bits per heavy atom. The van der Waals surface area contributed by atoms with E-state index >= 15 is 0 Å². The number of nitrogens with zero attached hydrogens (tertiary/aromatic N) is 3. The first-order chi connectivity index (χ1) is 14.9. The molecule has 1 saturated heterocycles. The van der Waals surface area contributed by atoms with Gasteiger partial charge in [0, 0.05) is 31.0 Å². The predicted molar refractivity (Wildman–Crippen MR) is 119 cm³/mol. The number of halogens is 2. The fourth-order valence-corrected chi connectivity index (χ4v) is 5.82. The Morgan fingerprint density at radius 3 is 2.71 bits per heavy atom. The van der Waals surface area contributed by atoms with Crippen molar-refractivity contribution in [1.29, 1.82) is 0 Å². The van der Waals surface area contributed by atoms with Gasteiger partial charge in [-0.2, -0.15) is 0 Å². The number of aliphatic hydroxyl groups is 1. The van der Waals surface area contributed by atoms with E-state index in [1.54, 1.807) is 12.4 Å². The van der Waals surface area contributed by atoms with E-state index in [9.17, 15) is 13.9 Å². The number of thioether (sulfide) groups is 1. The molecule has 3 atom stereocenters. The molecule has 5 N–H and O–H groups in total. The van der Waals surface area contributed by atoms with Crippen LogP contribution in [0.2, 0.25) is 0 Å². The second-order valence-electron chi connectivity index (χ2n) is 8.28. The second-order valence-corrected chi connectivity index (χ2v) is 9.43. The zero-order valence-corrected chi connectivity index (χ0v) is 17.8. The minimum atomic E-state index is -0.676. The lowest BCUT2D eigenvalue weighted by Gasteiger charge is -2.39. The molecule has 2 aliphatic heterocycles. The van der Waals surface area contributed by atoms with Gasteiger partial charge in [0.1, 0.15) is 17.0 Å². The maximum absolute atomic E-state index is 14.7. The Labute approximate surface area is 183 Å². The summed E-state index contributed by atoms with van der Waals surface area (Å²) < 4.78 is 29.3. The molecule has 9 heteroatoms. The molecule has 1 aromatic carbocycles. The summed E-state index contributed by atoms with van der Waals surface area (Å²) in [5, 5.41) is 9.92. The van der Waals surface area contributed by atoms with Crippen molar-refractivity contribution in [2.24, 2.45) is 11.5 Å². The topological polar surface area (TPSA) is 91.6 Å². The lowest BCUT2D eigenvalue weighted by molar-refractivity contribution is 0.124. The molecule has 1 fully saturated rings. The fourth-order valence-electron chi connectivity index (χ4n) is 4.76. The van der Waals surface area contributed by atoms with Gasteiger partial charge in [-0.25, -0.2) is 8.78 Å². The van der Waals surface area contributed by atoms with Crippen LogP contribution in [-0.2, 0) is 12.8 Å². The van der Waals surface area contributed by atoms with Gasteiger partial charge in [0.25, 0.3) is 0 Å². The van der Waals surface area contributed by atoms with E-state index in [0.29, 0.717) is 24.5 Å². The highest BCUT2D eigenvalue weighted by atomic mass is 32.2. The highest BCUT2D eigenvalue weighted by Gasteiger charge is 2.36. The van der Waals surface area contributed by atoms with Gasteiger partial charge in [-0.15, -0.1) is 0 Å². The Bertz CT molecular complexity index is 1030. The van der Waals surface area contributed by atoms with Gasteiger partial charge < -0.3 is 26.4 Å². The second kappa shape index (κ2) is 7.96. The van der Waals surface area contributed by atoms with Crippen LogP contribution < -0.4 is 21.3 Å². The summed E-state index contributed by atoms with van der Waals surface area (Å²) in [5.41, 5.74) is 16.2. The lowest BCUT2D eigenvalue weighted by Crippen LogP contribution is -2.51. The summed E-state index contributed by atoms with van der Waals surface area (Å²) in [5.74, 6) is -1.21. The van der Waals surface area contributed by atoms with Crippen molar-refractivity contribution in [2.75, 3.05) is 22.9 Å². The first-order valence-corrected chi connectivity index (χ1v) is 11.4. The van der Waals surface area contributed by atoms with Gasteiger partial charge in [-0.1, -0.05) is 17.8 Å². The molecule has 3 heterocycles. The van der Waals surface area contributed by atoms with Gasteiger partial charge in [-0.05, 0) is 43.4 Å².